The van der Waals surface area contributed by atoms with Crippen molar-refractivity contribution in [1.82, 2.24) is 10.1 Å². The molecule has 21 heavy (non-hydrogen) atoms. The van der Waals surface area contributed by atoms with E-state index < -0.39 is 0 Å². The van der Waals surface area contributed by atoms with Gasteiger partial charge in [-0.05, 0) is 19.3 Å². The Bertz CT molecular complexity index is 611. The highest BCUT2D eigenvalue weighted by Gasteiger charge is 2.15. The number of hydrogen-bond donors (Lipinski definition) is 2. The first-order valence-corrected chi connectivity index (χ1v) is 7.38. The van der Waals surface area contributed by atoms with E-state index in [0.29, 0.717) is 18.1 Å². The van der Waals surface area contributed by atoms with Crippen LogP contribution in [0.2, 0.25) is 0 Å². The van der Waals surface area contributed by atoms with E-state index in [1.165, 1.54) is 19.3 Å². The molecule has 0 bridgehead atoms. The molecule has 3 rings (SSSR count). The number of amidine groups is 1. The largest absolute Gasteiger partial charge is 0.359 e. The van der Waals surface area contributed by atoms with E-state index in [9.17, 15) is 0 Å². The van der Waals surface area contributed by atoms with Crippen LogP contribution >= 0.6 is 0 Å². The fraction of sp³-hybridized carbons (Fsp3) is 0.375. The standard InChI is InChI=1S/C16H20N4O/c17-11-14-10-15(19-21-14)12-4-6-13(7-5-12)16(18)20-8-2-1-3-9-20/h4-7,10,18H,1-3,8-9,11,17H2. The van der Waals surface area contributed by atoms with Crippen LogP contribution in [0.5, 0.6) is 0 Å². The van der Waals surface area contributed by atoms with Crippen molar-refractivity contribution in [2.45, 2.75) is 25.8 Å². The second-order valence-corrected chi connectivity index (χ2v) is 5.36. The molecule has 5 heteroatoms. The van der Waals surface area contributed by atoms with Crippen LogP contribution in [0, 0.1) is 5.41 Å². The lowest BCUT2D eigenvalue weighted by molar-refractivity contribution is 0.341. The lowest BCUT2D eigenvalue weighted by Crippen LogP contribution is -2.35. The zero-order valence-corrected chi connectivity index (χ0v) is 12.0. The molecule has 3 N–H and O–H groups in total. The Morgan fingerprint density at radius 2 is 1.90 bits per heavy atom. The minimum Gasteiger partial charge on any atom is -0.359 e. The fourth-order valence-corrected chi connectivity index (χ4v) is 2.64. The highest BCUT2D eigenvalue weighted by atomic mass is 16.5. The predicted octanol–water partition coefficient (Wildman–Crippen LogP) is 2.61. The Balaban J connectivity index is 1.75. The highest BCUT2D eigenvalue weighted by Crippen LogP contribution is 2.21. The average Bonchev–Trinajstić information content (AvgIpc) is 3.04. The molecule has 0 spiro atoms. The number of hydrogen-bond acceptors (Lipinski definition) is 4. The molecule has 110 valence electrons. The number of likely N-dealkylation sites (tertiary alicyclic amines) is 1. The monoisotopic (exact) mass is 284 g/mol. The summed E-state index contributed by atoms with van der Waals surface area (Å²) in [6.07, 6.45) is 3.64. The maximum absolute atomic E-state index is 8.31. The predicted molar refractivity (Wildman–Crippen MR) is 82.1 cm³/mol. The summed E-state index contributed by atoms with van der Waals surface area (Å²) >= 11 is 0. The summed E-state index contributed by atoms with van der Waals surface area (Å²) < 4.78 is 5.12. The van der Waals surface area contributed by atoms with E-state index in [4.69, 9.17) is 15.7 Å². The van der Waals surface area contributed by atoms with Crippen molar-refractivity contribution in [3.63, 3.8) is 0 Å². The Labute approximate surface area is 124 Å². The Kier molecular flexibility index (Phi) is 4.01. The minimum absolute atomic E-state index is 0.352. The number of benzene rings is 1. The van der Waals surface area contributed by atoms with Crippen LogP contribution in [-0.4, -0.2) is 29.0 Å². The number of nitrogens with one attached hydrogen (secondary N) is 1. The van der Waals surface area contributed by atoms with E-state index in [0.717, 1.165) is 29.9 Å². The smallest absolute Gasteiger partial charge is 0.150 e. The van der Waals surface area contributed by atoms with Gasteiger partial charge < -0.3 is 15.2 Å². The molecule has 0 saturated carbocycles. The molecule has 1 aromatic heterocycles. The van der Waals surface area contributed by atoms with Gasteiger partial charge in [-0.3, -0.25) is 5.41 Å². The third-order valence-electron chi connectivity index (χ3n) is 3.89. The molecule has 0 radical (unpaired) electrons. The van der Waals surface area contributed by atoms with Gasteiger partial charge >= 0.3 is 0 Å². The van der Waals surface area contributed by atoms with Crippen molar-refractivity contribution in [1.29, 1.82) is 5.41 Å². The van der Waals surface area contributed by atoms with Gasteiger partial charge in [0.1, 0.15) is 11.5 Å². The molecule has 5 nitrogen and oxygen atoms in total. The number of piperidine rings is 1. The molecule has 0 unspecified atom stereocenters. The van der Waals surface area contributed by atoms with Crippen molar-refractivity contribution < 1.29 is 4.52 Å². The van der Waals surface area contributed by atoms with Gasteiger partial charge in [0.25, 0.3) is 0 Å². The van der Waals surface area contributed by atoms with Crippen LogP contribution in [0.15, 0.2) is 34.9 Å². The molecule has 1 aromatic carbocycles. The van der Waals surface area contributed by atoms with E-state index in [-0.39, 0.29) is 0 Å². The van der Waals surface area contributed by atoms with E-state index in [1.54, 1.807) is 0 Å². The number of nitrogens with zero attached hydrogens (tertiary/aromatic N) is 2. The first kappa shape index (κ1) is 13.8. The lowest BCUT2D eigenvalue weighted by Gasteiger charge is -2.29. The summed E-state index contributed by atoms with van der Waals surface area (Å²) in [5.41, 5.74) is 8.23. The van der Waals surface area contributed by atoms with Crippen LogP contribution in [0.1, 0.15) is 30.6 Å². The summed E-state index contributed by atoms with van der Waals surface area (Å²) in [5, 5.41) is 12.3. The zero-order valence-electron chi connectivity index (χ0n) is 12.0. The number of nitrogens with two attached hydrogens (primary N) is 1. The normalized spacial score (nSPS) is 15.2. The SMILES string of the molecule is N=C(c1ccc(-c2cc(CN)on2)cc1)N1CCCCC1. The van der Waals surface area contributed by atoms with Crippen molar-refractivity contribution >= 4 is 5.84 Å². The van der Waals surface area contributed by atoms with Gasteiger partial charge in [-0.1, -0.05) is 29.4 Å². The van der Waals surface area contributed by atoms with Gasteiger partial charge in [0.2, 0.25) is 0 Å². The molecule has 1 fully saturated rings. The molecule has 1 saturated heterocycles. The molecule has 1 aliphatic heterocycles. The summed E-state index contributed by atoms with van der Waals surface area (Å²) in [7, 11) is 0. The summed E-state index contributed by atoms with van der Waals surface area (Å²) in [6, 6.07) is 9.76. The molecule has 0 atom stereocenters. The third-order valence-corrected chi connectivity index (χ3v) is 3.89. The van der Waals surface area contributed by atoms with Crippen molar-refractivity contribution in [3.05, 3.63) is 41.7 Å². The van der Waals surface area contributed by atoms with E-state index >= 15 is 0 Å². The van der Waals surface area contributed by atoms with Crippen LogP contribution in [0.4, 0.5) is 0 Å². The molecule has 0 aliphatic carbocycles. The second kappa shape index (κ2) is 6.10. The maximum atomic E-state index is 8.31. The van der Waals surface area contributed by atoms with E-state index in [2.05, 4.69) is 10.1 Å². The topological polar surface area (TPSA) is 79.1 Å². The molecule has 0 amide bonds. The van der Waals surface area contributed by atoms with Crippen LogP contribution in [-0.2, 0) is 6.54 Å². The molecule has 2 aromatic rings. The third kappa shape index (κ3) is 2.97. The molecular formula is C16H20N4O. The quantitative estimate of drug-likeness (QED) is 0.670. The summed E-state index contributed by atoms with van der Waals surface area (Å²) in [6.45, 7) is 2.33. The van der Waals surface area contributed by atoms with Crippen LogP contribution in [0.3, 0.4) is 0 Å². The van der Waals surface area contributed by atoms with Gasteiger partial charge in [-0.25, -0.2) is 0 Å². The van der Waals surface area contributed by atoms with Crippen molar-refractivity contribution in [2.75, 3.05) is 13.1 Å². The van der Waals surface area contributed by atoms with Gasteiger partial charge in [0.15, 0.2) is 5.76 Å². The molecular weight excluding hydrogens is 264 g/mol. The maximum Gasteiger partial charge on any atom is 0.150 e. The summed E-state index contributed by atoms with van der Waals surface area (Å²) in [5.74, 6) is 1.29. The van der Waals surface area contributed by atoms with Gasteiger partial charge in [0.05, 0.1) is 6.54 Å². The van der Waals surface area contributed by atoms with Crippen LogP contribution in [0.25, 0.3) is 11.3 Å². The Morgan fingerprint density at radius 1 is 1.19 bits per heavy atom. The van der Waals surface area contributed by atoms with Crippen LogP contribution < -0.4 is 5.73 Å². The zero-order chi connectivity index (χ0) is 14.7. The Hall–Kier alpha value is -2.14. The van der Waals surface area contributed by atoms with Crippen molar-refractivity contribution in [2.24, 2.45) is 5.73 Å². The van der Waals surface area contributed by atoms with Gasteiger partial charge in [0, 0.05) is 30.3 Å². The fourth-order valence-electron chi connectivity index (χ4n) is 2.64. The first-order valence-electron chi connectivity index (χ1n) is 7.38. The average molecular weight is 284 g/mol. The van der Waals surface area contributed by atoms with E-state index in [1.807, 2.05) is 30.3 Å². The Morgan fingerprint density at radius 3 is 2.52 bits per heavy atom. The number of rotatable bonds is 3. The molecule has 1 aliphatic rings. The first-order chi connectivity index (χ1) is 10.3. The highest BCUT2D eigenvalue weighted by molar-refractivity contribution is 5.96. The van der Waals surface area contributed by atoms with Gasteiger partial charge in [-0.2, -0.15) is 0 Å². The van der Waals surface area contributed by atoms with Crippen molar-refractivity contribution in [3.8, 4) is 11.3 Å². The summed E-state index contributed by atoms with van der Waals surface area (Å²) in [4.78, 5) is 2.15. The lowest BCUT2D eigenvalue weighted by atomic mass is 10.1. The number of aromatic nitrogens is 1. The second-order valence-electron chi connectivity index (χ2n) is 5.36. The molecule has 2 heterocycles. The van der Waals surface area contributed by atoms with Gasteiger partial charge in [-0.15, -0.1) is 0 Å². The minimum atomic E-state index is 0.352.